The Morgan fingerprint density at radius 3 is 2.64 bits per heavy atom. The fourth-order valence-electron chi connectivity index (χ4n) is 0.869. The predicted molar refractivity (Wildman–Crippen MR) is 49.4 cm³/mol. The van der Waals surface area contributed by atoms with Crippen LogP contribution in [0.25, 0.3) is 0 Å². The summed E-state index contributed by atoms with van der Waals surface area (Å²) in [5, 5.41) is 3.11. The molecule has 0 aromatic carbocycles. The smallest absolute Gasteiger partial charge is 0.0309 e. The van der Waals surface area contributed by atoms with Crippen LogP contribution in [0.5, 0.6) is 0 Å². The van der Waals surface area contributed by atoms with Gasteiger partial charge in [-0.3, -0.25) is 10.9 Å². The highest BCUT2D eigenvalue weighted by Crippen LogP contribution is 1.81. The number of hydrazine groups is 1. The van der Waals surface area contributed by atoms with Crippen molar-refractivity contribution < 1.29 is 0 Å². The van der Waals surface area contributed by atoms with E-state index >= 15 is 0 Å². The first-order valence-electron chi connectivity index (χ1n) is 4.44. The van der Waals surface area contributed by atoms with Crippen LogP contribution in [0.15, 0.2) is 0 Å². The number of rotatable bonds is 7. The average Bonchev–Trinajstić information content (AvgIpc) is 1.99. The quantitative estimate of drug-likeness (QED) is 0.374. The Bertz CT molecular complexity index is 75.7. The molecule has 0 aromatic rings. The third-order valence-corrected chi connectivity index (χ3v) is 1.51. The van der Waals surface area contributed by atoms with Crippen molar-refractivity contribution in [2.24, 2.45) is 0 Å². The highest BCUT2D eigenvalue weighted by Gasteiger charge is 1.95. The van der Waals surface area contributed by atoms with Gasteiger partial charge in [-0.1, -0.05) is 13.3 Å². The van der Waals surface area contributed by atoms with E-state index in [1.165, 1.54) is 12.8 Å². The maximum atomic E-state index is 3.21. The molecule has 0 bridgehead atoms. The van der Waals surface area contributed by atoms with Gasteiger partial charge in [0.25, 0.3) is 0 Å². The van der Waals surface area contributed by atoms with E-state index in [4.69, 9.17) is 0 Å². The van der Waals surface area contributed by atoms with Gasteiger partial charge < -0.3 is 5.32 Å². The second kappa shape index (κ2) is 7.98. The summed E-state index contributed by atoms with van der Waals surface area (Å²) >= 11 is 0. The highest BCUT2D eigenvalue weighted by molar-refractivity contribution is 4.58. The lowest BCUT2D eigenvalue weighted by atomic mass is 10.3. The summed E-state index contributed by atoms with van der Waals surface area (Å²) in [6.45, 7) is 6.40. The fourth-order valence-corrected chi connectivity index (χ4v) is 0.869. The molecule has 0 aliphatic heterocycles. The molecule has 0 amide bonds. The first kappa shape index (κ1) is 10.9. The van der Waals surface area contributed by atoms with Crippen LogP contribution in [0.1, 0.15) is 26.7 Å². The van der Waals surface area contributed by atoms with Crippen molar-refractivity contribution in [3.05, 3.63) is 0 Å². The molecule has 0 fully saturated rings. The molecular formula is C8H21N3. The number of hydrogen-bond donors (Lipinski definition) is 3. The normalized spacial score (nSPS) is 13.4. The second-order valence-electron chi connectivity index (χ2n) is 2.88. The second-order valence-corrected chi connectivity index (χ2v) is 2.88. The van der Waals surface area contributed by atoms with Gasteiger partial charge in [-0.25, -0.2) is 0 Å². The van der Waals surface area contributed by atoms with Crippen LogP contribution in [0.3, 0.4) is 0 Å². The SMILES string of the molecule is CCCCNN[C@H](C)CNC. The molecule has 3 heteroatoms. The van der Waals surface area contributed by atoms with Gasteiger partial charge in [0.1, 0.15) is 0 Å². The van der Waals surface area contributed by atoms with E-state index in [1.54, 1.807) is 0 Å². The average molecular weight is 159 g/mol. The topological polar surface area (TPSA) is 36.1 Å². The molecule has 68 valence electrons. The first-order chi connectivity index (χ1) is 5.31. The van der Waals surface area contributed by atoms with E-state index in [-0.39, 0.29) is 0 Å². The zero-order valence-corrected chi connectivity index (χ0v) is 7.91. The van der Waals surface area contributed by atoms with E-state index < -0.39 is 0 Å². The monoisotopic (exact) mass is 159 g/mol. The van der Waals surface area contributed by atoms with Crippen LogP contribution in [0, 0.1) is 0 Å². The Hall–Kier alpha value is -0.120. The summed E-state index contributed by atoms with van der Waals surface area (Å²) in [6.07, 6.45) is 2.48. The minimum Gasteiger partial charge on any atom is -0.318 e. The summed E-state index contributed by atoms with van der Waals surface area (Å²) in [7, 11) is 1.96. The van der Waals surface area contributed by atoms with E-state index in [0.717, 1.165) is 13.1 Å². The van der Waals surface area contributed by atoms with Crippen molar-refractivity contribution in [3.63, 3.8) is 0 Å². The molecule has 0 rings (SSSR count). The zero-order chi connectivity index (χ0) is 8.53. The van der Waals surface area contributed by atoms with Crippen molar-refractivity contribution in [2.45, 2.75) is 32.7 Å². The van der Waals surface area contributed by atoms with E-state index in [1.807, 2.05) is 7.05 Å². The molecule has 0 heterocycles. The molecular weight excluding hydrogens is 138 g/mol. The lowest BCUT2D eigenvalue weighted by molar-refractivity contribution is 0.433. The highest BCUT2D eigenvalue weighted by atomic mass is 15.4. The van der Waals surface area contributed by atoms with Crippen molar-refractivity contribution in [1.82, 2.24) is 16.2 Å². The summed E-state index contributed by atoms with van der Waals surface area (Å²) in [4.78, 5) is 0. The molecule has 11 heavy (non-hydrogen) atoms. The molecule has 0 aromatic heterocycles. The summed E-state index contributed by atoms with van der Waals surface area (Å²) in [6, 6.07) is 0.497. The van der Waals surface area contributed by atoms with Gasteiger partial charge in [-0.2, -0.15) is 0 Å². The van der Waals surface area contributed by atoms with Crippen LogP contribution in [-0.2, 0) is 0 Å². The van der Waals surface area contributed by atoms with Crippen molar-refractivity contribution >= 4 is 0 Å². The Morgan fingerprint density at radius 2 is 2.09 bits per heavy atom. The van der Waals surface area contributed by atoms with Crippen molar-refractivity contribution in [1.29, 1.82) is 0 Å². The van der Waals surface area contributed by atoms with Gasteiger partial charge in [0.05, 0.1) is 0 Å². The summed E-state index contributed by atoms with van der Waals surface area (Å²) in [5.41, 5.74) is 6.39. The largest absolute Gasteiger partial charge is 0.318 e. The van der Waals surface area contributed by atoms with Crippen LogP contribution in [0.2, 0.25) is 0 Å². The third-order valence-electron chi connectivity index (χ3n) is 1.51. The van der Waals surface area contributed by atoms with E-state index in [0.29, 0.717) is 6.04 Å². The van der Waals surface area contributed by atoms with Crippen LogP contribution >= 0.6 is 0 Å². The van der Waals surface area contributed by atoms with E-state index in [9.17, 15) is 0 Å². The Kier molecular flexibility index (Phi) is 7.89. The van der Waals surface area contributed by atoms with Gasteiger partial charge in [-0.15, -0.1) is 0 Å². The summed E-state index contributed by atoms with van der Waals surface area (Å²) < 4.78 is 0. The molecule has 3 N–H and O–H groups in total. The standard InChI is InChI=1S/C8H21N3/c1-4-5-6-10-11-8(2)7-9-3/h8-11H,4-7H2,1-3H3/t8-/m1/s1. The van der Waals surface area contributed by atoms with Crippen molar-refractivity contribution in [2.75, 3.05) is 20.1 Å². The van der Waals surface area contributed by atoms with Gasteiger partial charge in [0.15, 0.2) is 0 Å². The van der Waals surface area contributed by atoms with Crippen LogP contribution in [0.4, 0.5) is 0 Å². The molecule has 0 spiro atoms. The van der Waals surface area contributed by atoms with Crippen molar-refractivity contribution in [3.8, 4) is 0 Å². The van der Waals surface area contributed by atoms with Gasteiger partial charge in [0, 0.05) is 19.1 Å². The third kappa shape index (κ3) is 7.78. The lowest BCUT2D eigenvalue weighted by Crippen LogP contribution is -2.44. The molecule has 0 radical (unpaired) electrons. The number of nitrogens with one attached hydrogen (secondary N) is 3. The Balaban J connectivity index is 2.97. The molecule has 0 saturated heterocycles. The lowest BCUT2D eigenvalue weighted by Gasteiger charge is -2.13. The first-order valence-corrected chi connectivity index (χ1v) is 4.44. The maximum Gasteiger partial charge on any atom is 0.0309 e. The fraction of sp³-hybridized carbons (Fsp3) is 1.00. The molecule has 3 nitrogen and oxygen atoms in total. The minimum absolute atomic E-state index is 0.497. The minimum atomic E-state index is 0.497. The molecule has 0 aliphatic rings. The Morgan fingerprint density at radius 1 is 1.36 bits per heavy atom. The zero-order valence-electron chi connectivity index (χ0n) is 7.91. The number of hydrogen-bond acceptors (Lipinski definition) is 3. The maximum absolute atomic E-state index is 3.21. The van der Waals surface area contributed by atoms with Crippen LogP contribution in [-0.4, -0.2) is 26.2 Å². The van der Waals surface area contributed by atoms with Gasteiger partial charge in [0.2, 0.25) is 0 Å². The molecule has 1 atom stereocenters. The molecule has 0 saturated carbocycles. The Labute approximate surface area is 69.9 Å². The van der Waals surface area contributed by atoms with Gasteiger partial charge in [-0.05, 0) is 20.4 Å². The van der Waals surface area contributed by atoms with E-state index in [2.05, 4.69) is 30.0 Å². The number of likely N-dealkylation sites (N-methyl/N-ethyl adjacent to an activating group) is 1. The van der Waals surface area contributed by atoms with Crippen LogP contribution < -0.4 is 16.2 Å². The summed E-state index contributed by atoms with van der Waals surface area (Å²) in [5.74, 6) is 0. The van der Waals surface area contributed by atoms with Gasteiger partial charge >= 0.3 is 0 Å². The number of unbranched alkanes of at least 4 members (excludes halogenated alkanes) is 1. The predicted octanol–water partition coefficient (Wildman–Crippen LogP) is 0.489. The molecule has 0 unspecified atom stereocenters. The molecule has 0 aliphatic carbocycles.